The molecule has 0 aliphatic heterocycles. The van der Waals surface area contributed by atoms with Crippen LogP contribution in [0.25, 0.3) is 0 Å². The predicted molar refractivity (Wildman–Crippen MR) is 105 cm³/mol. The lowest BCUT2D eigenvalue weighted by Crippen LogP contribution is -2.33. The fourth-order valence-corrected chi connectivity index (χ4v) is 4.66. The molecule has 1 aliphatic carbocycles. The molecule has 7 heteroatoms. The molecule has 0 spiro atoms. The van der Waals surface area contributed by atoms with Gasteiger partial charge in [-0.2, -0.15) is 0 Å². The summed E-state index contributed by atoms with van der Waals surface area (Å²) in [4.78, 5) is 10.8. The van der Waals surface area contributed by atoms with Crippen molar-refractivity contribution in [1.29, 1.82) is 0 Å². The topological polar surface area (TPSA) is 83.5 Å². The highest BCUT2D eigenvalue weighted by Crippen LogP contribution is 2.31. The minimum absolute atomic E-state index is 0.186. The molecule has 26 heavy (non-hydrogen) atoms. The highest BCUT2D eigenvalue weighted by atomic mass is 79.9. The quantitative estimate of drug-likeness (QED) is 0.438. The summed E-state index contributed by atoms with van der Waals surface area (Å²) < 4.78 is 28.5. The molecule has 5 nitrogen and oxygen atoms in total. The molecule has 0 heterocycles. The third-order valence-electron chi connectivity index (χ3n) is 4.77. The number of unbranched alkanes of at least 4 members (excludes halogenated alkanes) is 1. The van der Waals surface area contributed by atoms with Crippen LogP contribution >= 0.6 is 15.9 Å². The molecule has 0 radical (unpaired) electrons. The SMILES string of the molecule is O=C(O)CCCC=CC1CCCCC1CNS(=O)(=O)c1ccc(Br)cc1. The summed E-state index contributed by atoms with van der Waals surface area (Å²) in [5, 5.41) is 8.67. The number of carbonyl (C=O) groups is 1. The molecule has 1 fully saturated rings. The summed E-state index contributed by atoms with van der Waals surface area (Å²) in [6.07, 6.45) is 10.1. The van der Waals surface area contributed by atoms with Gasteiger partial charge in [0.1, 0.15) is 0 Å². The van der Waals surface area contributed by atoms with E-state index in [9.17, 15) is 13.2 Å². The molecule has 0 aromatic heterocycles. The summed E-state index contributed by atoms with van der Waals surface area (Å²) in [5.41, 5.74) is 0. The van der Waals surface area contributed by atoms with Gasteiger partial charge in [0.15, 0.2) is 0 Å². The number of halogens is 1. The first kappa shape index (κ1) is 21.1. The molecule has 0 bridgehead atoms. The van der Waals surface area contributed by atoms with Crippen LogP contribution in [0.3, 0.4) is 0 Å². The molecular weight excluding hydrogens is 418 g/mol. The van der Waals surface area contributed by atoms with Gasteiger partial charge in [-0.05, 0) is 61.8 Å². The number of aliphatic carboxylic acids is 1. The van der Waals surface area contributed by atoms with E-state index in [0.717, 1.165) is 36.6 Å². The third kappa shape index (κ3) is 6.85. The highest BCUT2D eigenvalue weighted by Gasteiger charge is 2.25. The van der Waals surface area contributed by atoms with Crippen LogP contribution in [0.1, 0.15) is 44.9 Å². The van der Waals surface area contributed by atoms with Gasteiger partial charge in [0.2, 0.25) is 10.0 Å². The molecule has 2 rings (SSSR count). The molecule has 2 unspecified atom stereocenters. The normalized spacial score (nSPS) is 21.1. The van der Waals surface area contributed by atoms with Crippen molar-refractivity contribution < 1.29 is 18.3 Å². The Kier molecular flexibility index (Phi) is 8.31. The number of hydrogen-bond donors (Lipinski definition) is 2. The number of carboxylic acid groups (broad SMARTS) is 1. The molecule has 1 aromatic carbocycles. The minimum atomic E-state index is -3.50. The number of benzene rings is 1. The average molecular weight is 444 g/mol. The number of sulfonamides is 1. The van der Waals surface area contributed by atoms with Gasteiger partial charge in [-0.15, -0.1) is 0 Å². The van der Waals surface area contributed by atoms with Gasteiger partial charge in [-0.3, -0.25) is 4.79 Å². The second-order valence-electron chi connectivity index (χ2n) is 6.73. The Morgan fingerprint density at radius 2 is 1.92 bits per heavy atom. The van der Waals surface area contributed by atoms with E-state index in [-0.39, 0.29) is 17.2 Å². The van der Waals surface area contributed by atoms with Crippen molar-refractivity contribution in [2.75, 3.05) is 6.54 Å². The van der Waals surface area contributed by atoms with Crippen LogP contribution in [0.2, 0.25) is 0 Å². The Morgan fingerprint density at radius 1 is 1.23 bits per heavy atom. The van der Waals surface area contributed by atoms with Gasteiger partial charge in [0.05, 0.1) is 4.90 Å². The van der Waals surface area contributed by atoms with E-state index < -0.39 is 16.0 Å². The summed E-state index contributed by atoms with van der Waals surface area (Å²) in [6, 6.07) is 6.62. The zero-order valence-electron chi connectivity index (χ0n) is 14.7. The lowest BCUT2D eigenvalue weighted by atomic mass is 9.79. The van der Waals surface area contributed by atoms with Crippen molar-refractivity contribution in [3.63, 3.8) is 0 Å². The van der Waals surface area contributed by atoms with Crippen molar-refractivity contribution in [2.45, 2.75) is 49.8 Å². The summed E-state index contributed by atoms with van der Waals surface area (Å²) in [5.74, 6) is -0.137. The summed E-state index contributed by atoms with van der Waals surface area (Å²) >= 11 is 3.31. The van der Waals surface area contributed by atoms with E-state index in [0.29, 0.717) is 18.9 Å². The molecule has 1 aliphatic rings. The van der Waals surface area contributed by atoms with Crippen molar-refractivity contribution in [2.24, 2.45) is 11.8 Å². The van der Waals surface area contributed by atoms with Gasteiger partial charge in [0, 0.05) is 17.4 Å². The van der Waals surface area contributed by atoms with E-state index in [4.69, 9.17) is 5.11 Å². The standard InChI is InChI=1S/C19H26BrNO4S/c20-17-10-12-18(13-11-17)26(24,25)21-14-16-8-5-4-7-15(16)6-2-1-3-9-19(22)23/h2,6,10-13,15-16,21H,1,3-5,7-9,14H2,(H,22,23). The third-order valence-corrected chi connectivity index (χ3v) is 6.74. The fourth-order valence-electron chi connectivity index (χ4n) is 3.30. The molecular formula is C19H26BrNO4S. The van der Waals surface area contributed by atoms with E-state index in [1.54, 1.807) is 24.3 Å². The lowest BCUT2D eigenvalue weighted by molar-refractivity contribution is -0.137. The Balaban J connectivity index is 1.90. The van der Waals surface area contributed by atoms with E-state index in [2.05, 4.69) is 32.8 Å². The smallest absolute Gasteiger partial charge is 0.303 e. The van der Waals surface area contributed by atoms with E-state index in [1.165, 1.54) is 0 Å². The largest absolute Gasteiger partial charge is 0.481 e. The van der Waals surface area contributed by atoms with Crippen LogP contribution < -0.4 is 4.72 Å². The first-order chi connectivity index (χ1) is 12.4. The molecule has 2 atom stereocenters. The second-order valence-corrected chi connectivity index (χ2v) is 9.41. The average Bonchev–Trinajstić information content (AvgIpc) is 2.61. The fraction of sp³-hybridized carbons (Fsp3) is 0.526. The highest BCUT2D eigenvalue weighted by molar-refractivity contribution is 9.10. The van der Waals surface area contributed by atoms with Crippen LogP contribution in [0.5, 0.6) is 0 Å². The van der Waals surface area contributed by atoms with Gasteiger partial charge in [-0.1, -0.05) is 40.9 Å². The number of allylic oxidation sites excluding steroid dienone is 2. The zero-order chi connectivity index (χ0) is 19.0. The zero-order valence-corrected chi connectivity index (χ0v) is 17.1. The van der Waals surface area contributed by atoms with Crippen molar-refractivity contribution in [1.82, 2.24) is 4.72 Å². The monoisotopic (exact) mass is 443 g/mol. The maximum Gasteiger partial charge on any atom is 0.303 e. The number of nitrogens with one attached hydrogen (secondary N) is 1. The minimum Gasteiger partial charge on any atom is -0.481 e. The second kappa shape index (κ2) is 10.2. The van der Waals surface area contributed by atoms with Crippen molar-refractivity contribution in [3.8, 4) is 0 Å². The van der Waals surface area contributed by atoms with E-state index >= 15 is 0 Å². The molecule has 1 saturated carbocycles. The molecule has 144 valence electrons. The van der Waals surface area contributed by atoms with Crippen molar-refractivity contribution >= 4 is 31.9 Å². The van der Waals surface area contributed by atoms with Gasteiger partial charge < -0.3 is 5.11 Å². The van der Waals surface area contributed by atoms with Gasteiger partial charge in [0.25, 0.3) is 0 Å². The maximum atomic E-state index is 12.5. The number of rotatable bonds is 9. The van der Waals surface area contributed by atoms with Crippen LogP contribution in [0.15, 0.2) is 45.8 Å². The Hall–Kier alpha value is -1.18. The lowest BCUT2D eigenvalue weighted by Gasteiger charge is -2.29. The van der Waals surface area contributed by atoms with Crippen LogP contribution in [-0.4, -0.2) is 26.0 Å². The van der Waals surface area contributed by atoms with Crippen LogP contribution in [0, 0.1) is 11.8 Å². The summed E-state index contributed by atoms with van der Waals surface area (Å²) in [6.45, 7) is 0.433. The summed E-state index contributed by atoms with van der Waals surface area (Å²) in [7, 11) is -3.50. The molecule has 2 N–H and O–H groups in total. The Labute approximate surface area is 164 Å². The van der Waals surface area contributed by atoms with Gasteiger partial charge in [-0.25, -0.2) is 13.1 Å². The number of hydrogen-bond acceptors (Lipinski definition) is 3. The Bertz CT molecular complexity index is 716. The Morgan fingerprint density at radius 3 is 2.62 bits per heavy atom. The van der Waals surface area contributed by atoms with Gasteiger partial charge >= 0.3 is 5.97 Å². The first-order valence-electron chi connectivity index (χ1n) is 9.02. The number of carboxylic acids is 1. The maximum absolute atomic E-state index is 12.5. The molecule has 1 aromatic rings. The predicted octanol–water partition coefficient (Wildman–Crippen LogP) is 4.34. The molecule has 0 amide bonds. The van der Waals surface area contributed by atoms with Crippen LogP contribution in [0.4, 0.5) is 0 Å². The van der Waals surface area contributed by atoms with Crippen molar-refractivity contribution in [3.05, 3.63) is 40.9 Å². The molecule has 0 saturated heterocycles. The first-order valence-corrected chi connectivity index (χ1v) is 11.3. The van der Waals surface area contributed by atoms with Crippen LogP contribution in [-0.2, 0) is 14.8 Å². The van der Waals surface area contributed by atoms with E-state index in [1.807, 2.05) is 0 Å².